The Hall–Kier alpha value is -2.37. The third kappa shape index (κ3) is 5.66. The van der Waals surface area contributed by atoms with E-state index in [0.717, 1.165) is 5.56 Å². The molecule has 0 saturated carbocycles. The molecule has 1 aliphatic rings. The standard InChI is InChI=1S/C26H35NO4/c1-18-7-11-20(12-8-18)21-13-9-19(10-14-21)15-16-26(31-23(27)28)17-29-25(5,6)30-22(26)24(2,3)4/h7-14,22H,15-17H2,1-6H3,(H2,27,28). The van der Waals surface area contributed by atoms with Crippen LogP contribution >= 0.6 is 0 Å². The summed E-state index contributed by atoms with van der Waals surface area (Å²) in [6, 6.07) is 17.0. The SMILES string of the molecule is Cc1ccc(-c2ccc(CCC3(OC(N)=O)COC(C)(C)OC3C(C)(C)C)cc2)cc1. The van der Waals surface area contributed by atoms with E-state index in [9.17, 15) is 4.79 Å². The molecule has 0 spiro atoms. The number of amides is 1. The summed E-state index contributed by atoms with van der Waals surface area (Å²) in [4.78, 5) is 11.8. The molecule has 5 nitrogen and oxygen atoms in total. The van der Waals surface area contributed by atoms with Gasteiger partial charge in [-0.1, -0.05) is 74.9 Å². The monoisotopic (exact) mass is 425 g/mol. The molecule has 0 aromatic heterocycles. The molecule has 168 valence electrons. The van der Waals surface area contributed by atoms with Crippen LogP contribution in [0.1, 0.15) is 52.2 Å². The molecule has 31 heavy (non-hydrogen) atoms. The molecule has 0 bridgehead atoms. The number of benzene rings is 2. The predicted molar refractivity (Wildman–Crippen MR) is 123 cm³/mol. The molecule has 5 heteroatoms. The van der Waals surface area contributed by atoms with E-state index in [0.29, 0.717) is 12.8 Å². The van der Waals surface area contributed by atoms with E-state index in [1.165, 1.54) is 16.7 Å². The Labute approximate surface area is 185 Å². The van der Waals surface area contributed by atoms with Crippen molar-refractivity contribution in [3.05, 3.63) is 59.7 Å². The van der Waals surface area contributed by atoms with Crippen molar-refractivity contribution >= 4 is 6.09 Å². The van der Waals surface area contributed by atoms with Crippen molar-refractivity contribution in [3.8, 4) is 11.1 Å². The maximum atomic E-state index is 11.8. The zero-order valence-corrected chi connectivity index (χ0v) is 19.5. The van der Waals surface area contributed by atoms with Crippen molar-refractivity contribution in [2.24, 2.45) is 11.1 Å². The van der Waals surface area contributed by atoms with E-state index in [1.54, 1.807) is 0 Å². The summed E-state index contributed by atoms with van der Waals surface area (Å²) < 4.78 is 17.9. The molecule has 1 fully saturated rings. The molecule has 3 rings (SSSR count). The molecular formula is C26H35NO4. The predicted octanol–water partition coefficient (Wildman–Crippen LogP) is 5.63. The Bertz CT molecular complexity index is 896. The Morgan fingerprint density at radius 2 is 1.61 bits per heavy atom. The van der Waals surface area contributed by atoms with Crippen LogP contribution in [0.2, 0.25) is 0 Å². The number of hydrogen-bond donors (Lipinski definition) is 1. The molecule has 0 aliphatic carbocycles. The van der Waals surface area contributed by atoms with Crippen molar-refractivity contribution in [2.45, 2.75) is 71.9 Å². The molecule has 2 N–H and O–H groups in total. The zero-order chi connectivity index (χ0) is 22.9. The van der Waals surface area contributed by atoms with E-state index in [-0.39, 0.29) is 18.1 Å². The molecule has 1 heterocycles. The summed E-state index contributed by atoms with van der Waals surface area (Å²) in [5.74, 6) is -0.752. The summed E-state index contributed by atoms with van der Waals surface area (Å²) in [5, 5.41) is 0. The highest BCUT2D eigenvalue weighted by Gasteiger charge is 2.54. The van der Waals surface area contributed by atoms with Crippen molar-refractivity contribution < 1.29 is 19.0 Å². The number of primary amides is 1. The fraction of sp³-hybridized carbons (Fsp3) is 0.500. The lowest BCUT2D eigenvalue weighted by Crippen LogP contribution is -2.64. The quantitative estimate of drug-likeness (QED) is 0.674. The summed E-state index contributed by atoms with van der Waals surface area (Å²) in [6.45, 7) is 12.3. The number of nitrogens with two attached hydrogens (primary N) is 1. The highest BCUT2D eigenvalue weighted by atomic mass is 16.7. The maximum Gasteiger partial charge on any atom is 0.405 e. The number of hydrogen-bond acceptors (Lipinski definition) is 4. The molecule has 1 amide bonds. The largest absolute Gasteiger partial charge is 0.438 e. The lowest BCUT2D eigenvalue weighted by molar-refractivity contribution is -0.350. The first kappa shape index (κ1) is 23.3. The average Bonchev–Trinajstić information content (AvgIpc) is 2.68. The van der Waals surface area contributed by atoms with E-state index < -0.39 is 17.5 Å². The highest BCUT2D eigenvalue weighted by molar-refractivity contribution is 5.65. The molecule has 1 aliphatic heterocycles. The van der Waals surface area contributed by atoms with E-state index in [2.05, 4.69) is 76.2 Å². The Kier molecular flexibility index (Phi) is 6.49. The Morgan fingerprint density at radius 3 is 2.13 bits per heavy atom. The number of carbonyl (C=O) groups excluding carboxylic acids is 1. The van der Waals surface area contributed by atoms with Gasteiger partial charge in [-0.2, -0.15) is 0 Å². The third-order valence-corrected chi connectivity index (χ3v) is 5.81. The van der Waals surface area contributed by atoms with Gasteiger partial charge in [-0.25, -0.2) is 4.79 Å². The lowest BCUT2D eigenvalue weighted by Gasteiger charge is -2.52. The van der Waals surface area contributed by atoms with Gasteiger partial charge in [-0.05, 0) is 55.7 Å². The number of rotatable bonds is 5. The zero-order valence-electron chi connectivity index (χ0n) is 19.5. The molecule has 2 aromatic rings. The minimum absolute atomic E-state index is 0.242. The number of ether oxygens (including phenoxy) is 3. The van der Waals surface area contributed by atoms with Crippen LogP contribution in [-0.4, -0.2) is 30.2 Å². The Balaban J connectivity index is 1.81. The smallest absolute Gasteiger partial charge is 0.405 e. The van der Waals surface area contributed by atoms with Gasteiger partial charge in [0.1, 0.15) is 6.10 Å². The summed E-state index contributed by atoms with van der Waals surface area (Å²) in [6.07, 6.45) is 0.0953. The molecule has 1 saturated heterocycles. The van der Waals surface area contributed by atoms with Crippen LogP contribution in [0.5, 0.6) is 0 Å². The molecular weight excluding hydrogens is 390 g/mol. The van der Waals surface area contributed by atoms with Gasteiger partial charge in [0.15, 0.2) is 11.4 Å². The van der Waals surface area contributed by atoms with Gasteiger partial charge in [0, 0.05) is 0 Å². The van der Waals surface area contributed by atoms with Crippen LogP contribution in [0.4, 0.5) is 4.79 Å². The fourth-order valence-corrected chi connectivity index (χ4v) is 4.27. The van der Waals surface area contributed by atoms with Crippen molar-refractivity contribution in [3.63, 3.8) is 0 Å². The summed E-state index contributed by atoms with van der Waals surface area (Å²) in [5.41, 5.74) is 9.01. The van der Waals surface area contributed by atoms with Crippen LogP contribution in [0, 0.1) is 12.3 Å². The summed E-state index contributed by atoms with van der Waals surface area (Å²) >= 11 is 0. The van der Waals surface area contributed by atoms with Gasteiger partial charge in [-0.3, -0.25) is 0 Å². The third-order valence-electron chi connectivity index (χ3n) is 5.81. The minimum Gasteiger partial charge on any atom is -0.438 e. The van der Waals surface area contributed by atoms with Gasteiger partial charge in [0.2, 0.25) is 0 Å². The van der Waals surface area contributed by atoms with E-state index in [1.807, 2.05) is 13.8 Å². The second-order valence-corrected chi connectivity index (χ2v) is 10.1. The van der Waals surface area contributed by atoms with Crippen LogP contribution in [0.15, 0.2) is 48.5 Å². The second-order valence-electron chi connectivity index (χ2n) is 10.1. The lowest BCUT2D eigenvalue weighted by atomic mass is 9.75. The van der Waals surface area contributed by atoms with Crippen LogP contribution in [-0.2, 0) is 20.6 Å². The van der Waals surface area contributed by atoms with Gasteiger partial charge in [0.05, 0.1) is 6.61 Å². The second kappa shape index (κ2) is 8.64. The van der Waals surface area contributed by atoms with Gasteiger partial charge >= 0.3 is 6.09 Å². The first-order chi connectivity index (χ1) is 14.4. The molecule has 2 aromatic carbocycles. The minimum atomic E-state index is -0.949. The first-order valence-electron chi connectivity index (χ1n) is 10.9. The normalized spacial score (nSPS) is 23.4. The van der Waals surface area contributed by atoms with Crippen LogP contribution in [0.25, 0.3) is 11.1 Å². The fourth-order valence-electron chi connectivity index (χ4n) is 4.27. The average molecular weight is 426 g/mol. The Morgan fingerprint density at radius 1 is 1.06 bits per heavy atom. The van der Waals surface area contributed by atoms with Crippen LogP contribution in [0.3, 0.4) is 0 Å². The number of aryl methyl sites for hydroxylation is 2. The van der Waals surface area contributed by atoms with Gasteiger partial charge in [-0.15, -0.1) is 0 Å². The van der Waals surface area contributed by atoms with E-state index >= 15 is 0 Å². The first-order valence-corrected chi connectivity index (χ1v) is 10.9. The maximum absolute atomic E-state index is 11.8. The van der Waals surface area contributed by atoms with Crippen molar-refractivity contribution in [1.29, 1.82) is 0 Å². The molecule has 2 unspecified atom stereocenters. The number of carbonyl (C=O) groups is 1. The molecule has 2 atom stereocenters. The topological polar surface area (TPSA) is 70.8 Å². The summed E-state index contributed by atoms with van der Waals surface area (Å²) in [7, 11) is 0. The van der Waals surface area contributed by atoms with Crippen molar-refractivity contribution in [1.82, 2.24) is 0 Å². The van der Waals surface area contributed by atoms with Crippen molar-refractivity contribution in [2.75, 3.05) is 6.61 Å². The van der Waals surface area contributed by atoms with E-state index in [4.69, 9.17) is 19.9 Å². The molecule has 0 radical (unpaired) electrons. The van der Waals surface area contributed by atoms with Gasteiger partial charge < -0.3 is 19.9 Å². The van der Waals surface area contributed by atoms with Crippen LogP contribution < -0.4 is 5.73 Å². The van der Waals surface area contributed by atoms with Gasteiger partial charge in [0.25, 0.3) is 0 Å². The highest BCUT2D eigenvalue weighted by Crippen LogP contribution is 2.43.